The number of hydrogen-bond donors (Lipinski definition) is 0. The van der Waals surface area contributed by atoms with E-state index in [4.69, 9.17) is 0 Å². The van der Waals surface area contributed by atoms with Crippen LogP contribution in [-0.4, -0.2) is 30.7 Å². The first-order chi connectivity index (χ1) is 4.70. The molecule has 0 bridgehead atoms. The Labute approximate surface area is 62.4 Å². The highest BCUT2D eigenvalue weighted by molar-refractivity contribution is 5.19. The zero-order valence-corrected chi connectivity index (χ0v) is 6.83. The minimum absolute atomic E-state index is 0.995. The SMILES string of the molecule is CC1=CCN(N(C)C)C=C1. The van der Waals surface area contributed by atoms with E-state index in [-0.39, 0.29) is 0 Å². The smallest absolute Gasteiger partial charge is 0.0526 e. The molecule has 0 aliphatic carbocycles. The Kier molecular flexibility index (Phi) is 2.12. The van der Waals surface area contributed by atoms with Crippen LogP contribution in [0.25, 0.3) is 0 Å². The molecule has 0 N–H and O–H groups in total. The normalized spacial score (nSPS) is 18.0. The highest BCUT2D eigenvalue weighted by Gasteiger charge is 2.02. The average molecular weight is 138 g/mol. The predicted octanol–water partition coefficient (Wildman–Crippen LogP) is 1.24. The van der Waals surface area contributed by atoms with Gasteiger partial charge in [0.05, 0.1) is 6.54 Å². The Morgan fingerprint density at radius 2 is 2.20 bits per heavy atom. The third kappa shape index (κ3) is 1.61. The first-order valence-electron chi connectivity index (χ1n) is 3.49. The fourth-order valence-corrected chi connectivity index (χ4v) is 0.867. The van der Waals surface area contributed by atoms with Crippen molar-refractivity contribution in [2.75, 3.05) is 20.6 Å². The number of rotatable bonds is 1. The summed E-state index contributed by atoms with van der Waals surface area (Å²) in [4.78, 5) is 0. The lowest BCUT2D eigenvalue weighted by atomic mass is 10.2. The minimum Gasteiger partial charge on any atom is -0.310 e. The molecule has 1 aliphatic rings. The summed E-state index contributed by atoms with van der Waals surface area (Å²) < 4.78 is 0. The van der Waals surface area contributed by atoms with Gasteiger partial charge < -0.3 is 5.01 Å². The molecule has 0 unspecified atom stereocenters. The number of hydrazine groups is 1. The molecule has 1 heterocycles. The van der Waals surface area contributed by atoms with Gasteiger partial charge in [0.2, 0.25) is 0 Å². The van der Waals surface area contributed by atoms with Crippen molar-refractivity contribution in [1.82, 2.24) is 10.0 Å². The van der Waals surface area contributed by atoms with E-state index in [1.807, 2.05) is 14.1 Å². The second-order valence-corrected chi connectivity index (χ2v) is 2.73. The van der Waals surface area contributed by atoms with Crippen molar-refractivity contribution in [3.63, 3.8) is 0 Å². The van der Waals surface area contributed by atoms with Gasteiger partial charge in [-0.25, -0.2) is 5.01 Å². The van der Waals surface area contributed by atoms with E-state index in [0.717, 1.165) is 6.54 Å². The van der Waals surface area contributed by atoms with E-state index in [2.05, 4.69) is 35.3 Å². The van der Waals surface area contributed by atoms with Crippen molar-refractivity contribution in [3.05, 3.63) is 23.9 Å². The van der Waals surface area contributed by atoms with Crippen LogP contribution in [0.4, 0.5) is 0 Å². The van der Waals surface area contributed by atoms with E-state index in [9.17, 15) is 0 Å². The summed E-state index contributed by atoms with van der Waals surface area (Å²) in [6.45, 7) is 3.11. The van der Waals surface area contributed by atoms with Gasteiger partial charge in [0, 0.05) is 20.3 Å². The topological polar surface area (TPSA) is 6.48 Å². The van der Waals surface area contributed by atoms with Crippen LogP contribution in [0, 0.1) is 0 Å². The molecule has 1 aliphatic heterocycles. The summed E-state index contributed by atoms with van der Waals surface area (Å²) in [5, 5.41) is 4.21. The van der Waals surface area contributed by atoms with Crippen LogP contribution in [0.3, 0.4) is 0 Å². The standard InChI is InChI=1S/C8H14N2/c1-8-4-6-10(7-5-8)9(2)3/h4-6H,7H2,1-3H3. The van der Waals surface area contributed by atoms with Crippen LogP contribution in [0.2, 0.25) is 0 Å². The summed E-state index contributed by atoms with van der Waals surface area (Å²) in [6, 6.07) is 0. The zero-order chi connectivity index (χ0) is 7.56. The van der Waals surface area contributed by atoms with Crippen molar-refractivity contribution in [2.45, 2.75) is 6.92 Å². The number of allylic oxidation sites excluding steroid dienone is 2. The van der Waals surface area contributed by atoms with Crippen LogP contribution in [0.1, 0.15) is 6.92 Å². The maximum absolute atomic E-state index is 2.21. The predicted molar refractivity (Wildman–Crippen MR) is 43.3 cm³/mol. The lowest BCUT2D eigenvalue weighted by Gasteiger charge is -2.28. The summed E-state index contributed by atoms with van der Waals surface area (Å²) in [5.41, 5.74) is 1.35. The lowest BCUT2D eigenvalue weighted by molar-refractivity contribution is 0.0953. The fourth-order valence-electron chi connectivity index (χ4n) is 0.867. The summed E-state index contributed by atoms with van der Waals surface area (Å²) >= 11 is 0. The number of hydrogen-bond acceptors (Lipinski definition) is 2. The Hall–Kier alpha value is -0.760. The third-order valence-electron chi connectivity index (χ3n) is 1.62. The second kappa shape index (κ2) is 2.88. The summed E-state index contributed by atoms with van der Waals surface area (Å²) in [5.74, 6) is 0. The maximum atomic E-state index is 2.21. The van der Waals surface area contributed by atoms with E-state index in [1.165, 1.54) is 5.57 Å². The third-order valence-corrected chi connectivity index (χ3v) is 1.62. The van der Waals surface area contributed by atoms with Gasteiger partial charge in [-0.05, 0) is 13.0 Å². The highest BCUT2D eigenvalue weighted by atomic mass is 15.6. The summed E-state index contributed by atoms with van der Waals surface area (Å²) in [6.07, 6.45) is 6.42. The van der Waals surface area contributed by atoms with Crippen molar-refractivity contribution in [1.29, 1.82) is 0 Å². The molecule has 0 saturated carbocycles. The van der Waals surface area contributed by atoms with Gasteiger partial charge in [-0.3, -0.25) is 0 Å². The van der Waals surface area contributed by atoms with Gasteiger partial charge in [-0.2, -0.15) is 0 Å². The first-order valence-corrected chi connectivity index (χ1v) is 3.49. The molecule has 0 amide bonds. The molecule has 0 saturated heterocycles. The van der Waals surface area contributed by atoms with Crippen molar-refractivity contribution < 1.29 is 0 Å². The molecule has 0 aromatic rings. The van der Waals surface area contributed by atoms with Gasteiger partial charge in [-0.15, -0.1) is 0 Å². The molecular weight excluding hydrogens is 124 g/mol. The first kappa shape index (κ1) is 7.35. The highest BCUT2D eigenvalue weighted by Crippen LogP contribution is 2.05. The molecule has 1 rings (SSSR count). The molecule has 0 atom stereocenters. The fraction of sp³-hybridized carbons (Fsp3) is 0.500. The molecular formula is C8H14N2. The van der Waals surface area contributed by atoms with Crippen molar-refractivity contribution in [3.8, 4) is 0 Å². The van der Waals surface area contributed by atoms with Gasteiger partial charge >= 0.3 is 0 Å². The maximum Gasteiger partial charge on any atom is 0.0526 e. The van der Waals surface area contributed by atoms with Crippen LogP contribution in [0.5, 0.6) is 0 Å². The summed E-state index contributed by atoms with van der Waals surface area (Å²) in [7, 11) is 4.08. The van der Waals surface area contributed by atoms with E-state index < -0.39 is 0 Å². The Bertz CT molecular complexity index is 168. The Balaban J connectivity index is 2.52. The van der Waals surface area contributed by atoms with E-state index in [0.29, 0.717) is 0 Å². The molecule has 56 valence electrons. The molecule has 0 radical (unpaired) electrons. The largest absolute Gasteiger partial charge is 0.310 e. The van der Waals surface area contributed by atoms with Gasteiger partial charge in [0.15, 0.2) is 0 Å². The van der Waals surface area contributed by atoms with Crippen molar-refractivity contribution >= 4 is 0 Å². The van der Waals surface area contributed by atoms with Crippen LogP contribution < -0.4 is 0 Å². The average Bonchev–Trinajstić information content (AvgIpc) is 1.88. The van der Waals surface area contributed by atoms with Crippen LogP contribution in [-0.2, 0) is 0 Å². The zero-order valence-electron chi connectivity index (χ0n) is 6.83. The molecule has 0 fully saturated rings. The van der Waals surface area contributed by atoms with Gasteiger partial charge in [0.25, 0.3) is 0 Å². The Morgan fingerprint density at radius 1 is 1.50 bits per heavy atom. The molecule has 10 heavy (non-hydrogen) atoms. The van der Waals surface area contributed by atoms with Gasteiger partial charge in [-0.1, -0.05) is 11.6 Å². The molecule has 0 aromatic heterocycles. The minimum atomic E-state index is 0.995. The van der Waals surface area contributed by atoms with Gasteiger partial charge in [0.1, 0.15) is 0 Å². The molecule has 0 aromatic carbocycles. The van der Waals surface area contributed by atoms with Crippen molar-refractivity contribution in [2.24, 2.45) is 0 Å². The lowest BCUT2D eigenvalue weighted by Crippen LogP contribution is -2.33. The Morgan fingerprint density at radius 3 is 2.60 bits per heavy atom. The van der Waals surface area contributed by atoms with Crippen LogP contribution >= 0.6 is 0 Å². The second-order valence-electron chi connectivity index (χ2n) is 2.73. The molecule has 2 nitrogen and oxygen atoms in total. The van der Waals surface area contributed by atoms with E-state index in [1.54, 1.807) is 0 Å². The number of nitrogens with zero attached hydrogens (tertiary/aromatic N) is 2. The quantitative estimate of drug-likeness (QED) is 0.538. The van der Waals surface area contributed by atoms with E-state index >= 15 is 0 Å². The molecule has 0 spiro atoms. The molecule has 2 heteroatoms. The monoisotopic (exact) mass is 138 g/mol. The van der Waals surface area contributed by atoms with Crippen LogP contribution in [0.15, 0.2) is 23.9 Å².